The molecule has 0 unspecified atom stereocenters. The zero-order valence-electron chi connectivity index (χ0n) is 9.69. The van der Waals surface area contributed by atoms with Crippen LogP contribution in [0, 0.1) is 5.92 Å². The van der Waals surface area contributed by atoms with Crippen LogP contribution in [0.2, 0.25) is 0 Å². The van der Waals surface area contributed by atoms with Crippen LogP contribution in [0.1, 0.15) is 18.5 Å². The lowest BCUT2D eigenvalue weighted by molar-refractivity contribution is -0.179. The van der Waals surface area contributed by atoms with Crippen molar-refractivity contribution < 1.29 is 18.3 Å². The predicted molar refractivity (Wildman–Crippen MR) is 58.9 cm³/mol. The van der Waals surface area contributed by atoms with Gasteiger partial charge in [-0.15, -0.1) is 0 Å². The van der Waals surface area contributed by atoms with Crippen molar-refractivity contribution >= 4 is 5.95 Å². The van der Waals surface area contributed by atoms with Crippen LogP contribution in [0.3, 0.4) is 0 Å². The Kier molecular flexibility index (Phi) is 3.70. The van der Waals surface area contributed by atoms with E-state index in [1.165, 1.54) is 6.20 Å². The summed E-state index contributed by atoms with van der Waals surface area (Å²) in [6.45, 7) is 0.382. The van der Waals surface area contributed by atoms with Crippen molar-refractivity contribution in [2.24, 2.45) is 5.92 Å². The molecule has 0 aliphatic carbocycles. The summed E-state index contributed by atoms with van der Waals surface area (Å²) in [7, 11) is 0. The van der Waals surface area contributed by atoms with Crippen LogP contribution in [-0.2, 0) is 6.61 Å². The number of halogens is 3. The first-order chi connectivity index (χ1) is 8.50. The Bertz CT molecular complexity index is 403. The highest BCUT2D eigenvalue weighted by atomic mass is 19.4. The van der Waals surface area contributed by atoms with Gasteiger partial charge in [-0.3, -0.25) is 0 Å². The van der Waals surface area contributed by atoms with E-state index in [1.54, 1.807) is 11.0 Å². The standard InChI is InChI=1S/C11H14F3N3O/c12-11(13,14)8-2-5-17(6-3-8)10-15-4-1-9(7-18)16-10/h1,4,8,18H,2-3,5-7H2. The van der Waals surface area contributed by atoms with Gasteiger partial charge in [-0.1, -0.05) is 0 Å². The average Bonchev–Trinajstić information content (AvgIpc) is 2.38. The Morgan fingerprint density at radius 1 is 1.33 bits per heavy atom. The molecule has 1 aliphatic rings. The molecule has 1 N–H and O–H groups in total. The van der Waals surface area contributed by atoms with Crippen LogP contribution in [0.25, 0.3) is 0 Å². The summed E-state index contributed by atoms with van der Waals surface area (Å²) >= 11 is 0. The SMILES string of the molecule is OCc1ccnc(N2CCC(C(F)(F)F)CC2)n1. The Balaban J connectivity index is 2.01. The Morgan fingerprint density at radius 2 is 2.00 bits per heavy atom. The van der Waals surface area contributed by atoms with E-state index >= 15 is 0 Å². The number of aliphatic hydroxyl groups excluding tert-OH is 1. The fourth-order valence-electron chi connectivity index (χ4n) is 2.03. The van der Waals surface area contributed by atoms with E-state index in [0.717, 1.165) is 0 Å². The molecule has 0 amide bonds. The summed E-state index contributed by atoms with van der Waals surface area (Å²) in [5, 5.41) is 8.95. The van der Waals surface area contributed by atoms with Gasteiger partial charge in [0, 0.05) is 19.3 Å². The second-order valence-corrected chi connectivity index (χ2v) is 4.31. The number of aromatic nitrogens is 2. The monoisotopic (exact) mass is 261 g/mol. The highest BCUT2D eigenvalue weighted by molar-refractivity contribution is 5.30. The molecule has 0 radical (unpaired) electrons. The van der Waals surface area contributed by atoms with Gasteiger partial charge < -0.3 is 10.0 Å². The van der Waals surface area contributed by atoms with Gasteiger partial charge in [-0.2, -0.15) is 13.2 Å². The van der Waals surface area contributed by atoms with Gasteiger partial charge in [-0.25, -0.2) is 9.97 Å². The zero-order chi connectivity index (χ0) is 13.2. The third-order valence-electron chi connectivity index (χ3n) is 3.10. The minimum absolute atomic E-state index is 0.0657. The molecule has 1 aromatic heterocycles. The molecule has 100 valence electrons. The second kappa shape index (κ2) is 5.09. The predicted octanol–water partition coefficient (Wildman–Crippen LogP) is 1.75. The fraction of sp³-hybridized carbons (Fsp3) is 0.636. The van der Waals surface area contributed by atoms with Crippen molar-refractivity contribution in [2.75, 3.05) is 18.0 Å². The number of anilines is 1. The molecule has 18 heavy (non-hydrogen) atoms. The minimum Gasteiger partial charge on any atom is -0.390 e. The molecule has 2 rings (SSSR count). The van der Waals surface area contributed by atoms with Crippen molar-refractivity contribution in [3.05, 3.63) is 18.0 Å². The van der Waals surface area contributed by atoms with Crippen LogP contribution in [0.4, 0.5) is 19.1 Å². The first kappa shape index (κ1) is 13.1. The van der Waals surface area contributed by atoms with E-state index in [1.807, 2.05) is 0 Å². The fourth-order valence-corrected chi connectivity index (χ4v) is 2.03. The zero-order valence-corrected chi connectivity index (χ0v) is 9.69. The van der Waals surface area contributed by atoms with Gasteiger partial charge in [-0.05, 0) is 18.9 Å². The highest BCUT2D eigenvalue weighted by Gasteiger charge is 2.41. The summed E-state index contributed by atoms with van der Waals surface area (Å²) < 4.78 is 37.5. The molecular weight excluding hydrogens is 247 g/mol. The maximum atomic E-state index is 12.5. The van der Waals surface area contributed by atoms with Crippen molar-refractivity contribution in [1.29, 1.82) is 0 Å². The number of hydrogen-bond acceptors (Lipinski definition) is 4. The smallest absolute Gasteiger partial charge is 0.390 e. The van der Waals surface area contributed by atoms with Gasteiger partial charge in [0.05, 0.1) is 18.2 Å². The van der Waals surface area contributed by atoms with Gasteiger partial charge in [0.2, 0.25) is 5.95 Å². The summed E-state index contributed by atoms with van der Waals surface area (Å²) in [5.41, 5.74) is 0.470. The first-order valence-corrected chi connectivity index (χ1v) is 5.75. The number of hydrogen-bond donors (Lipinski definition) is 1. The maximum Gasteiger partial charge on any atom is 0.391 e. The molecule has 0 aromatic carbocycles. The molecular formula is C11H14F3N3O. The van der Waals surface area contributed by atoms with E-state index in [-0.39, 0.29) is 19.4 Å². The molecule has 0 saturated carbocycles. The maximum absolute atomic E-state index is 12.5. The molecule has 1 aliphatic heterocycles. The summed E-state index contributed by atoms with van der Waals surface area (Å²) in [6.07, 6.45) is -2.48. The molecule has 2 heterocycles. The van der Waals surface area contributed by atoms with E-state index in [2.05, 4.69) is 9.97 Å². The normalized spacial score (nSPS) is 18.1. The van der Waals surface area contributed by atoms with Crippen LogP contribution >= 0.6 is 0 Å². The van der Waals surface area contributed by atoms with Crippen molar-refractivity contribution in [3.8, 4) is 0 Å². The number of rotatable bonds is 2. The first-order valence-electron chi connectivity index (χ1n) is 5.75. The van der Waals surface area contributed by atoms with E-state index < -0.39 is 12.1 Å². The number of alkyl halides is 3. The Hall–Kier alpha value is -1.37. The quantitative estimate of drug-likeness (QED) is 0.881. The van der Waals surface area contributed by atoms with E-state index in [0.29, 0.717) is 24.7 Å². The Labute approximate surface area is 102 Å². The second-order valence-electron chi connectivity index (χ2n) is 4.31. The molecule has 0 atom stereocenters. The number of aliphatic hydroxyl groups is 1. The summed E-state index contributed by atoms with van der Waals surface area (Å²) in [4.78, 5) is 9.83. The third kappa shape index (κ3) is 2.90. The van der Waals surface area contributed by atoms with Crippen molar-refractivity contribution in [1.82, 2.24) is 9.97 Å². The molecule has 0 bridgehead atoms. The highest BCUT2D eigenvalue weighted by Crippen LogP contribution is 2.34. The van der Waals surface area contributed by atoms with Crippen LogP contribution in [0.5, 0.6) is 0 Å². The van der Waals surface area contributed by atoms with Crippen molar-refractivity contribution in [2.45, 2.75) is 25.6 Å². The van der Waals surface area contributed by atoms with E-state index in [4.69, 9.17) is 5.11 Å². The lowest BCUT2D eigenvalue weighted by Crippen LogP contribution is -2.39. The van der Waals surface area contributed by atoms with Gasteiger partial charge >= 0.3 is 6.18 Å². The molecule has 1 aromatic rings. The largest absolute Gasteiger partial charge is 0.391 e. The number of piperidine rings is 1. The van der Waals surface area contributed by atoms with Gasteiger partial charge in [0.25, 0.3) is 0 Å². The molecule has 1 saturated heterocycles. The lowest BCUT2D eigenvalue weighted by atomic mass is 9.96. The number of nitrogens with zero attached hydrogens (tertiary/aromatic N) is 3. The van der Waals surface area contributed by atoms with E-state index in [9.17, 15) is 13.2 Å². The molecule has 1 fully saturated rings. The van der Waals surface area contributed by atoms with Crippen LogP contribution in [0.15, 0.2) is 12.3 Å². The van der Waals surface area contributed by atoms with Gasteiger partial charge in [0.1, 0.15) is 0 Å². The van der Waals surface area contributed by atoms with Gasteiger partial charge in [0.15, 0.2) is 0 Å². The molecule has 4 nitrogen and oxygen atoms in total. The van der Waals surface area contributed by atoms with Crippen LogP contribution < -0.4 is 4.90 Å². The molecule has 7 heteroatoms. The topological polar surface area (TPSA) is 49.3 Å². The Morgan fingerprint density at radius 3 is 2.56 bits per heavy atom. The van der Waals surface area contributed by atoms with Crippen LogP contribution in [-0.4, -0.2) is 34.3 Å². The third-order valence-corrected chi connectivity index (χ3v) is 3.10. The summed E-state index contributed by atoms with van der Waals surface area (Å²) in [5.74, 6) is -0.836. The average molecular weight is 261 g/mol. The minimum atomic E-state index is -4.11. The molecule has 0 spiro atoms. The lowest BCUT2D eigenvalue weighted by Gasteiger charge is -2.32. The summed E-state index contributed by atoms with van der Waals surface area (Å²) in [6, 6.07) is 1.58. The van der Waals surface area contributed by atoms with Crippen molar-refractivity contribution in [3.63, 3.8) is 0 Å².